The number of hydrogen-bond acceptors (Lipinski definition) is 4. The van der Waals surface area contributed by atoms with Crippen LogP contribution in [0, 0.1) is 0 Å². The van der Waals surface area contributed by atoms with Gasteiger partial charge in [0.15, 0.2) is 14.6 Å². The molecule has 4 nitrogen and oxygen atoms in total. The predicted octanol–water partition coefficient (Wildman–Crippen LogP) is 4.36. The second-order valence-electron chi connectivity index (χ2n) is 7.98. The summed E-state index contributed by atoms with van der Waals surface area (Å²) in [5.41, 5.74) is 1.17. The van der Waals surface area contributed by atoms with Crippen LogP contribution < -0.4 is 0 Å². The SMILES string of the molecule is COC1C[C@H](OCc2ccccc2)[C@@H](CO[Si](C)(C)C(C)(C)C)O1. The minimum atomic E-state index is -1.80. The van der Waals surface area contributed by atoms with Crippen LogP contribution in [0.15, 0.2) is 30.3 Å². The number of rotatable bonds is 7. The van der Waals surface area contributed by atoms with Gasteiger partial charge in [-0.15, -0.1) is 0 Å². The summed E-state index contributed by atoms with van der Waals surface area (Å²) in [5.74, 6) is 0. The summed E-state index contributed by atoms with van der Waals surface area (Å²) in [6.45, 7) is 12.4. The highest BCUT2D eigenvalue weighted by atomic mass is 28.4. The molecule has 0 amide bonds. The van der Waals surface area contributed by atoms with Gasteiger partial charge in [-0.25, -0.2) is 0 Å². The van der Waals surface area contributed by atoms with Crippen molar-refractivity contribution in [2.75, 3.05) is 13.7 Å². The maximum absolute atomic E-state index is 6.33. The van der Waals surface area contributed by atoms with E-state index in [4.69, 9.17) is 18.6 Å². The van der Waals surface area contributed by atoms with E-state index in [0.717, 1.165) is 6.42 Å². The number of methoxy groups -OCH3 is 1. The Labute approximate surface area is 147 Å². The van der Waals surface area contributed by atoms with E-state index in [1.807, 2.05) is 18.2 Å². The Balaban J connectivity index is 1.93. The lowest BCUT2D eigenvalue weighted by molar-refractivity contribution is -0.128. The van der Waals surface area contributed by atoms with Gasteiger partial charge in [0.2, 0.25) is 0 Å². The van der Waals surface area contributed by atoms with E-state index in [-0.39, 0.29) is 23.5 Å². The third-order valence-electron chi connectivity index (χ3n) is 5.15. The fourth-order valence-electron chi connectivity index (χ4n) is 2.44. The molecule has 0 aliphatic carbocycles. The molecule has 0 aromatic heterocycles. The third-order valence-corrected chi connectivity index (χ3v) is 9.65. The van der Waals surface area contributed by atoms with E-state index in [2.05, 4.69) is 46.0 Å². The van der Waals surface area contributed by atoms with Crippen molar-refractivity contribution in [2.24, 2.45) is 0 Å². The van der Waals surface area contributed by atoms with E-state index in [1.54, 1.807) is 7.11 Å². The lowest BCUT2D eigenvalue weighted by Gasteiger charge is -2.37. The Morgan fingerprint density at radius 2 is 1.83 bits per heavy atom. The first-order valence-corrected chi connectivity index (χ1v) is 11.6. The van der Waals surface area contributed by atoms with Crippen LogP contribution in [0.25, 0.3) is 0 Å². The number of ether oxygens (including phenoxy) is 3. The minimum absolute atomic E-state index is 0.0000699. The Morgan fingerprint density at radius 3 is 2.42 bits per heavy atom. The molecule has 24 heavy (non-hydrogen) atoms. The Morgan fingerprint density at radius 1 is 1.17 bits per heavy atom. The summed E-state index contributed by atoms with van der Waals surface area (Å²) in [6.07, 6.45) is 0.459. The van der Waals surface area contributed by atoms with Crippen LogP contribution in [-0.4, -0.2) is 40.5 Å². The standard InChI is InChI=1S/C19H32O4Si/c1-19(2,3)24(5,6)22-14-17-16(12-18(20-4)23-17)21-13-15-10-8-7-9-11-15/h7-11,16-18H,12-14H2,1-6H3/t16-,17+,18?/m0/s1. The molecule has 1 aromatic rings. The van der Waals surface area contributed by atoms with Crippen molar-refractivity contribution >= 4 is 8.32 Å². The molecule has 1 unspecified atom stereocenters. The van der Waals surface area contributed by atoms with Crippen LogP contribution in [0.3, 0.4) is 0 Å². The summed E-state index contributed by atoms with van der Waals surface area (Å²) in [7, 11) is -0.121. The highest BCUT2D eigenvalue weighted by molar-refractivity contribution is 6.74. The van der Waals surface area contributed by atoms with E-state index < -0.39 is 8.32 Å². The summed E-state index contributed by atoms with van der Waals surface area (Å²) in [6, 6.07) is 10.2. The number of hydrogen-bond donors (Lipinski definition) is 0. The highest BCUT2D eigenvalue weighted by Gasteiger charge is 2.41. The molecule has 5 heteroatoms. The topological polar surface area (TPSA) is 36.9 Å². The summed E-state index contributed by atoms with van der Waals surface area (Å²) < 4.78 is 23.8. The van der Waals surface area contributed by atoms with Crippen LogP contribution >= 0.6 is 0 Å². The van der Waals surface area contributed by atoms with Gasteiger partial charge in [-0.1, -0.05) is 51.1 Å². The van der Waals surface area contributed by atoms with Crippen LogP contribution in [-0.2, 0) is 25.2 Å². The second kappa shape index (κ2) is 8.10. The van der Waals surface area contributed by atoms with E-state index in [0.29, 0.717) is 13.2 Å². The van der Waals surface area contributed by atoms with Crippen LogP contribution in [0.1, 0.15) is 32.8 Å². The molecule has 1 saturated heterocycles. The molecular formula is C19H32O4Si. The Hall–Kier alpha value is -0.723. The van der Waals surface area contributed by atoms with E-state index in [1.165, 1.54) is 5.56 Å². The Bertz CT molecular complexity index is 498. The van der Waals surface area contributed by atoms with Crippen molar-refractivity contribution in [2.45, 2.75) is 70.4 Å². The summed E-state index contributed by atoms with van der Waals surface area (Å²) >= 11 is 0. The van der Waals surface area contributed by atoms with E-state index in [9.17, 15) is 0 Å². The molecule has 0 radical (unpaired) electrons. The molecule has 1 aliphatic heterocycles. The van der Waals surface area contributed by atoms with Crippen molar-refractivity contribution in [1.29, 1.82) is 0 Å². The van der Waals surface area contributed by atoms with Crippen LogP contribution in [0.2, 0.25) is 18.1 Å². The Kier molecular flexibility index (Phi) is 6.62. The normalized spacial score (nSPS) is 25.2. The van der Waals surface area contributed by atoms with Gasteiger partial charge in [0.1, 0.15) is 6.10 Å². The fourth-order valence-corrected chi connectivity index (χ4v) is 3.45. The molecule has 1 aromatic carbocycles. The molecule has 3 atom stereocenters. The van der Waals surface area contributed by atoms with Crippen molar-refractivity contribution in [3.05, 3.63) is 35.9 Å². The molecule has 0 saturated carbocycles. The fraction of sp³-hybridized carbons (Fsp3) is 0.684. The van der Waals surface area contributed by atoms with Crippen LogP contribution in [0.5, 0.6) is 0 Å². The summed E-state index contributed by atoms with van der Waals surface area (Å²) in [4.78, 5) is 0. The quantitative estimate of drug-likeness (QED) is 0.684. The van der Waals surface area contributed by atoms with Gasteiger partial charge >= 0.3 is 0 Å². The molecule has 2 rings (SSSR count). The first-order valence-electron chi connectivity index (χ1n) is 8.70. The molecular weight excluding hydrogens is 320 g/mol. The van der Waals surface area contributed by atoms with Crippen molar-refractivity contribution in [3.8, 4) is 0 Å². The largest absolute Gasteiger partial charge is 0.414 e. The van der Waals surface area contributed by atoms with Crippen molar-refractivity contribution in [3.63, 3.8) is 0 Å². The first kappa shape index (κ1) is 19.6. The van der Waals surface area contributed by atoms with Gasteiger partial charge in [0.25, 0.3) is 0 Å². The monoisotopic (exact) mass is 352 g/mol. The van der Waals surface area contributed by atoms with E-state index >= 15 is 0 Å². The zero-order chi connectivity index (χ0) is 17.8. The molecule has 0 bridgehead atoms. The lowest BCUT2D eigenvalue weighted by atomic mass is 10.2. The van der Waals surface area contributed by atoms with Gasteiger partial charge in [-0.2, -0.15) is 0 Å². The average molecular weight is 353 g/mol. The minimum Gasteiger partial charge on any atom is -0.414 e. The smallest absolute Gasteiger partial charge is 0.192 e. The lowest BCUT2D eigenvalue weighted by Crippen LogP contribution is -2.44. The zero-order valence-electron chi connectivity index (χ0n) is 15.9. The molecule has 0 spiro atoms. The van der Waals surface area contributed by atoms with Gasteiger partial charge in [0, 0.05) is 13.5 Å². The second-order valence-corrected chi connectivity index (χ2v) is 12.8. The van der Waals surface area contributed by atoms with Gasteiger partial charge < -0.3 is 18.6 Å². The highest BCUT2D eigenvalue weighted by Crippen LogP contribution is 2.37. The molecule has 1 aliphatic rings. The van der Waals surface area contributed by atoms with Crippen molar-refractivity contribution in [1.82, 2.24) is 0 Å². The summed E-state index contributed by atoms with van der Waals surface area (Å²) in [5, 5.41) is 0.187. The third kappa shape index (κ3) is 5.13. The van der Waals surface area contributed by atoms with Gasteiger partial charge in [-0.05, 0) is 23.7 Å². The molecule has 136 valence electrons. The molecule has 1 heterocycles. The molecule has 0 N–H and O–H groups in total. The van der Waals surface area contributed by atoms with Crippen LogP contribution in [0.4, 0.5) is 0 Å². The zero-order valence-corrected chi connectivity index (χ0v) is 16.9. The van der Waals surface area contributed by atoms with Crippen molar-refractivity contribution < 1.29 is 18.6 Å². The first-order chi connectivity index (χ1) is 11.2. The maximum Gasteiger partial charge on any atom is 0.192 e. The van der Waals surface area contributed by atoms with Gasteiger partial charge in [0.05, 0.1) is 19.3 Å². The van der Waals surface area contributed by atoms with Gasteiger partial charge in [-0.3, -0.25) is 0 Å². The maximum atomic E-state index is 6.33. The number of benzene rings is 1. The molecule has 1 fully saturated rings. The average Bonchev–Trinajstić information content (AvgIpc) is 2.93. The predicted molar refractivity (Wildman–Crippen MR) is 98.5 cm³/mol.